The number of thiazole rings is 1. The Bertz CT molecular complexity index is 472. The fourth-order valence-electron chi connectivity index (χ4n) is 1.91. The molecule has 0 spiro atoms. The summed E-state index contributed by atoms with van der Waals surface area (Å²) in [4.78, 5) is 15.7. The second-order valence-electron chi connectivity index (χ2n) is 4.73. The van der Waals surface area contributed by atoms with E-state index in [4.69, 9.17) is 0 Å². The van der Waals surface area contributed by atoms with Gasteiger partial charge in [-0.3, -0.25) is 4.79 Å². The maximum absolute atomic E-state index is 13.7. The molecule has 1 aromatic heterocycles. The number of carbonyl (C=O) groups is 1. The molecule has 19 heavy (non-hydrogen) atoms. The number of nitrogens with zero attached hydrogens (tertiary/aromatic N) is 1. The first-order valence-corrected chi connectivity index (χ1v) is 7.09. The lowest BCUT2D eigenvalue weighted by atomic mass is 9.75. The quantitative estimate of drug-likeness (QED) is 0.870. The topological polar surface area (TPSA) is 62.2 Å². The number of hydrogen-bond donors (Lipinski definition) is 2. The SMILES string of the molecule is CCc1nc(CNC(=O)C(F)(F)C2(O)CCC2)cs1. The minimum Gasteiger partial charge on any atom is -0.383 e. The first-order chi connectivity index (χ1) is 8.89. The summed E-state index contributed by atoms with van der Waals surface area (Å²) in [5, 5.41) is 14.4. The Morgan fingerprint density at radius 2 is 2.32 bits per heavy atom. The molecule has 1 aliphatic carbocycles. The highest BCUT2D eigenvalue weighted by molar-refractivity contribution is 7.09. The zero-order valence-electron chi connectivity index (χ0n) is 10.6. The lowest BCUT2D eigenvalue weighted by Crippen LogP contribution is -2.60. The number of halogens is 2. The third-order valence-corrected chi connectivity index (χ3v) is 4.42. The molecule has 1 aliphatic rings. The Labute approximate surface area is 113 Å². The summed E-state index contributed by atoms with van der Waals surface area (Å²) in [5.41, 5.74) is -1.61. The lowest BCUT2D eigenvalue weighted by molar-refractivity contribution is -0.216. The van der Waals surface area contributed by atoms with Crippen molar-refractivity contribution in [2.45, 2.75) is 50.7 Å². The van der Waals surface area contributed by atoms with Crippen molar-refractivity contribution in [1.29, 1.82) is 0 Å². The maximum Gasteiger partial charge on any atom is 0.352 e. The van der Waals surface area contributed by atoms with Crippen molar-refractivity contribution in [2.75, 3.05) is 0 Å². The summed E-state index contributed by atoms with van der Waals surface area (Å²) in [6.07, 6.45) is 1.22. The van der Waals surface area contributed by atoms with Gasteiger partial charge in [0.05, 0.1) is 17.2 Å². The highest BCUT2D eigenvalue weighted by Gasteiger charge is 2.61. The van der Waals surface area contributed by atoms with Crippen LogP contribution < -0.4 is 5.32 Å². The van der Waals surface area contributed by atoms with Crippen LogP contribution in [0.2, 0.25) is 0 Å². The van der Waals surface area contributed by atoms with Gasteiger partial charge in [0.25, 0.3) is 5.91 Å². The molecule has 106 valence electrons. The van der Waals surface area contributed by atoms with E-state index in [1.54, 1.807) is 5.38 Å². The van der Waals surface area contributed by atoms with Crippen molar-refractivity contribution < 1.29 is 18.7 Å². The van der Waals surface area contributed by atoms with E-state index in [-0.39, 0.29) is 19.4 Å². The smallest absolute Gasteiger partial charge is 0.352 e. The van der Waals surface area contributed by atoms with Crippen LogP contribution in [0.4, 0.5) is 8.78 Å². The van der Waals surface area contributed by atoms with E-state index in [2.05, 4.69) is 10.3 Å². The lowest BCUT2D eigenvalue weighted by Gasteiger charge is -2.41. The Morgan fingerprint density at radius 3 is 2.79 bits per heavy atom. The number of alkyl halides is 2. The second kappa shape index (κ2) is 5.13. The van der Waals surface area contributed by atoms with E-state index >= 15 is 0 Å². The van der Waals surface area contributed by atoms with Crippen molar-refractivity contribution >= 4 is 17.2 Å². The molecule has 0 bridgehead atoms. The second-order valence-corrected chi connectivity index (χ2v) is 5.67. The summed E-state index contributed by atoms with van der Waals surface area (Å²) >= 11 is 1.43. The first kappa shape index (κ1) is 14.3. The maximum atomic E-state index is 13.7. The molecule has 0 aromatic carbocycles. The highest BCUT2D eigenvalue weighted by atomic mass is 32.1. The van der Waals surface area contributed by atoms with Crippen molar-refractivity contribution in [1.82, 2.24) is 10.3 Å². The van der Waals surface area contributed by atoms with E-state index in [0.29, 0.717) is 12.1 Å². The summed E-state index contributed by atoms with van der Waals surface area (Å²) < 4.78 is 27.5. The average Bonchev–Trinajstić information content (AvgIpc) is 2.80. The zero-order chi connectivity index (χ0) is 14.1. The Morgan fingerprint density at radius 1 is 1.63 bits per heavy atom. The number of aromatic nitrogens is 1. The van der Waals surface area contributed by atoms with Gasteiger partial charge in [-0.25, -0.2) is 4.98 Å². The van der Waals surface area contributed by atoms with E-state index in [0.717, 1.165) is 11.4 Å². The molecule has 7 heteroatoms. The number of hydrogen-bond acceptors (Lipinski definition) is 4. The monoisotopic (exact) mass is 290 g/mol. The van der Waals surface area contributed by atoms with Crippen LogP contribution >= 0.6 is 11.3 Å². The summed E-state index contributed by atoms with van der Waals surface area (Å²) in [5.74, 6) is -5.17. The Kier molecular flexibility index (Phi) is 3.87. The van der Waals surface area contributed by atoms with Gasteiger partial charge in [-0.15, -0.1) is 11.3 Å². The van der Waals surface area contributed by atoms with Gasteiger partial charge in [0.15, 0.2) is 0 Å². The summed E-state index contributed by atoms with van der Waals surface area (Å²) in [6.45, 7) is 1.91. The van der Waals surface area contributed by atoms with Gasteiger partial charge in [0.1, 0.15) is 5.60 Å². The predicted molar refractivity (Wildman–Crippen MR) is 67.1 cm³/mol. The Balaban J connectivity index is 1.93. The van der Waals surface area contributed by atoms with E-state index < -0.39 is 17.4 Å². The normalized spacial score (nSPS) is 17.9. The molecule has 4 nitrogen and oxygen atoms in total. The molecule has 1 fully saturated rings. The molecule has 1 saturated carbocycles. The standard InChI is InChI=1S/C12H16F2N2O2S/c1-2-9-16-8(7-19-9)6-15-10(17)12(13,14)11(18)4-3-5-11/h7,18H,2-6H2,1H3,(H,15,17). The van der Waals surface area contributed by atoms with Crippen LogP contribution in [0.25, 0.3) is 0 Å². The highest BCUT2D eigenvalue weighted by Crippen LogP contribution is 2.44. The van der Waals surface area contributed by atoms with Crippen molar-refractivity contribution in [3.63, 3.8) is 0 Å². The molecular formula is C12H16F2N2O2S. The van der Waals surface area contributed by atoms with Crippen LogP contribution in [0.15, 0.2) is 5.38 Å². The number of aryl methyl sites for hydroxylation is 1. The van der Waals surface area contributed by atoms with Crippen molar-refractivity contribution in [3.8, 4) is 0 Å². The first-order valence-electron chi connectivity index (χ1n) is 6.21. The largest absolute Gasteiger partial charge is 0.383 e. The molecule has 0 saturated heterocycles. The fraction of sp³-hybridized carbons (Fsp3) is 0.667. The van der Waals surface area contributed by atoms with Gasteiger partial charge < -0.3 is 10.4 Å². The third-order valence-electron chi connectivity index (χ3n) is 3.38. The molecule has 2 rings (SSSR count). The van der Waals surface area contributed by atoms with Crippen LogP contribution in [0.3, 0.4) is 0 Å². The minimum atomic E-state index is -3.74. The van der Waals surface area contributed by atoms with Gasteiger partial charge in [0.2, 0.25) is 0 Å². The minimum absolute atomic E-state index is 0.0376. The van der Waals surface area contributed by atoms with Crippen LogP contribution in [-0.4, -0.2) is 27.5 Å². The van der Waals surface area contributed by atoms with Crippen LogP contribution in [0.1, 0.15) is 36.9 Å². The number of nitrogens with one attached hydrogen (secondary N) is 1. The predicted octanol–water partition coefficient (Wildman–Crippen LogP) is 1.87. The van der Waals surface area contributed by atoms with Gasteiger partial charge in [-0.05, 0) is 25.7 Å². The molecule has 2 N–H and O–H groups in total. The average molecular weight is 290 g/mol. The third kappa shape index (κ3) is 2.62. The van der Waals surface area contributed by atoms with E-state index in [1.807, 2.05) is 6.92 Å². The molecule has 1 amide bonds. The van der Waals surface area contributed by atoms with Crippen LogP contribution in [-0.2, 0) is 17.8 Å². The van der Waals surface area contributed by atoms with Gasteiger partial charge in [-0.1, -0.05) is 6.92 Å². The van der Waals surface area contributed by atoms with E-state index in [9.17, 15) is 18.7 Å². The Hall–Kier alpha value is -1.08. The van der Waals surface area contributed by atoms with Crippen molar-refractivity contribution in [3.05, 3.63) is 16.1 Å². The zero-order valence-corrected chi connectivity index (χ0v) is 11.4. The number of aliphatic hydroxyl groups is 1. The summed E-state index contributed by atoms with van der Waals surface area (Å²) in [6, 6.07) is 0. The molecule has 0 aliphatic heterocycles. The van der Waals surface area contributed by atoms with Gasteiger partial charge >= 0.3 is 5.92 Å². The van der Waals surface area contributed by atoms with Gasteiger partial charge in [-0.2, -0.15) is 8.78 Å². The molecule has 0 atom stereocenters. The fourth-order valence-corrected chi connectivity index (χ4v) is 2.66. The number of amides is 1. The molecule has 1 heterocycles. The number of carbonyl (C=O) groups excluding carboxylic acids is 1. The van der Waals surface area contributed by atoms with Crippen molar-refractivity contribution in [2.24, 2.45) is 0 Å². The number of rotatable bonds is 5. The summed E-state index contributed by atoms with van der Waals surface area (Å²) in [7, 11) is 0. The molecule has 0 radical (unpaired) electrons. The van der Waals surface area contributed by atoms with Crippen LogP contribution in [0.5, 0.6) is 0 Å². The molecular weight excluding hydrogens is 274 g/mol. The van der Waals surface area contributed by atoms with E-state index in [1.165, 1.54) is 11.3 Å². The molecule has 1 aromatic rings. The van der Waals surface area contributed by atoms with Crippen LogP contribution in [0, 0.1) is 0 Å². The van der Waals surface area contributed by atoms with Gasteiger partial charge in [0, 0.05) is 5.38 Å². The molecule has 0 unspecified atom stereocenters.